The van der Waals surface area contributed by atoms with Crippen molar-refractivity contribution < 1.29 is 13.2 Å². The number of aryl methyl sites for hydroxylation is 1. The maximum Gasteiger partial charge on any atom is 0.129 e. The third kappa shape index (κ3) is 3.67. The second-order valence-electron chi connectivity index (χ2n) is 4.89. The Morgan fingerprint density at radius 2 is 2.00 bits per heavy atom. The van der Waals surface area contributed by atoms with Crippen molar-refractivity contribution in [2.75, 3.05) is 6.54 Å². The average Bonchev–Trinajstić information content (AvgIpc) is 2.83. The van der Waals surface area contributed by atoms with Gasteiger partial charge in [0.05, 0.1) is 6.04 Å². The van der Waals surface area contributed by atoms with Crippen LogP contribution in [0, 0.1) is 18.6 Å². The molecule has 0 aliphatic rings. The van der Waals surface area contributed by atoms with Crippen LogP contribution >= 0.6 is 0 Å². The van der Waals surface area contributed by atoms with Gasteiger partial charge < -0.3 is 9.73 Å². The van der Waals surface area contributed by atoms with Gasteiger partial charge in [0.1, 0.15) is 23.2 Å². The largest absolute Gasteiger partial charge is 0.465 e. The molecule has 2 aromatic rings. The van der Waals surface area contributed by atoms with Crippen LogP contribution in [-0.4, -0.2) is 6.54 Å². The van der Waals surface area contributed by atoms with Gasteiger partial charge >= 0.3 is 0 Å². The molecule has 0 bridgehead atoms. The topological polar surface area (TPSA) is 25.2 Å². The zero-order valence-corrected chi connectivity index (χ0v) is 11.7. The highest BCUT2D eigenvalue weighted by Crippen LogP contribution is 2.22. The van der Waals surface area contributed by atoms with Crippen molar-refractivity contribution in [3.05, 3.63) is 59.1 Å². The molecular weight excluding hydrogens is 260 g/mol. The van der Waals surface area contributed by atoms with Crippen LogP contribution < -0.4 is 5.32 Å². The Hall–Kier alpha value is -1.68. The first kappa shape index (κ1) is 14.7. The SMILES string of the molecule is CCCNC(Cc1ccc(F)cc1F)c1ccc(C)o1. The van der Waals surface area contributed by atoms with Gasteiger partial charge in [0.25, 0.3) is 0 Å². The smallest absolute Gasteiger partial charge is 0.129 e. The van der Waals surface area contributed by atoms with E-state index >= 15 is 0 Å². The van der Waals surface area contributed by atoms with Crippen LogP contribution in [0.4, 0.5) is 8.78 Å². The lowest BCUT2D eigenvalue weighted by Gasteiger charge is -2.17. The summed E-state index contributed by atoms with van der Waals surface area (Å²) in [5.74, 6) is 0.525. The van der Waals surface area contributed by atoms with E-state index in [0.29, 0.717) is 12.0 Å². The first-order chi connectivity index (χ1) is 9.60. The third-order valence-electron chi connectivity index (χ3n) is 3.18. The fourth-order valence-electron chi connectivity index (χ4n) is 2.14. The number of halogens is 2. The molecule has 1 atom stereocenters. The van der Waals surface area contributed by atoms with E-state index in [1.54, 1.807) is 0 Å². The second kappa shape index (κ2) is 6.66. The molecule has 2 rings (SSSR count). The summed E-state index contributed by atoms with van der Waals surface area (Å²) in [5.41, 5.74) is 0.481. The van der Waals surface area contributed by atoms with Crippen molar-refractivity contribution in [1.29, 1.82) is 0 Å². The first-order valence-corrected chi connectivity index (χ1v) is 6.83. The minimum atomic E-state index is -0.557. The van der Waals surface area contributed by atoms with Crippen molar-refractivity contribution in [2.45, 2.75) is 32.7 Å². The van der Waals surface area contributed by atoms with Crippen LogP contribution in [-0.2, 0) is 6.42 Å². The fraction of sp³-hybridized carbons (Fsp3) is 0.375. The van der Waals surface area contributed by atoms with Gasteiger partial charge in [-0.15, -0.1) is 0 Å². The Morgan fingerprint density at radius 3 is 2.60 bits per heavy atom. The molecule has 1 unspecified atom stereocenters. The van der Waals surface area contributed by atoms with Crippen molar-refractivity contribution in [3.63, 3.8) is 0 Å². The van der Waals surface area contributed by atoms with Gasteiger partial charge in [-0.25, -0.2) is 8.78 Å². The van der Waals surface area contributed by atoms with E-state index in [2.05, 4.69) is 12.2 Å². The lowest BCUT2D eigenvalue weighted by atomic mass is 10.0. The summed E-state index contributed by atoms with van der Waals surface area (Å²) >= 11 is 0. The highest BCUT2D eigenvalue weighted by atomic mass is 19.1. The minimum absolute atomic E-state index is 0.108. The van der Waals surface area contributed by atoms with Crippen molar-refractivity contribution in [2.24, 2.45) is 0 Å². The summed E-state index contributed by atoms with van der Waals surface area (Å²) in [5, 5.41) is 3.34. The van der Waals surface area contributed by atoms with Gasteiger partial charge in [-0.1, -0.05) is 13.0 Å². The van der Waals surface area contributed by atoms with Gasteiger partial charge in [0, 0.05) is 6.07 Å². The molecule has 1 aromatic heterocycles. The third-order valence-corrected chi connectivity index (χ3v) is 3.18. The maximum atomic E-state index is 13.8. The van der Waals surface area contributed by atoms with Crippen LogP contribution in [0.1, 0.15) is 36.5 Å². The molecule has 1 aromatic carbocycles. The highest BCUT2D eigenvalue weighted by Gasteiger charge is 2.17. The molecule has 20 heavy (non-hydrogen) atoms. The van der Waals surface area contributed by atoms with Crippen molar-refractivity contribution in [1.82, 2.24) is 5.32 Å². The normalized spacial score (nSPS) is 12.6. The number of hydrogen-bond donors (Lipinski definition) is 1. The Bertz CT molecular complexity index is 565. The summed E-state index contributed by atoms with van der Waals surface area (Å²) in [7, 11) is 0. The molecular formula is C16H19F2NO. The molecule has 0 saturated heterocycles. The van der Waals surface area contributed by atoms with Gasteiger partial charge in [-0.2, -0.15) is 0 Å². The van der Waals surface area contributed by atoms with Crippen molar-refractivity contribution >= 4 is 0 Å². The van der Waals surface area contributed by atoms with Crippen molar-refractivity contribution in [3.8, 4) is 0 Å². The van der Waals surface area contributed by atoms with E-state index in [4.69, 9.17) is 4.42 Å². The Morgan fingerprint density at radius 1 is 1.20 bits per heavy atom. The molecule has 0 aliphatic heterocycles. The van der Waals surface area contributed by atoms with E-state index in [-0.39, 0.29) is 6.04 Å². The number of rotatable bonds is 6. The molecule has 1 heterocycles. The second-order valence-corrected chi connectivity index (χ2v) is 4.89. The van der Waals surface area contributed by atoms with E-state index in [0.717, 1.165) is 30.6 Å². The number of hydrogen-bond acceptors (Lipinski definition) is 2. The van der Waals surface area contributed by atoms with E-state index in [9.17, 15) is 8.78 Å². The quantitative estimate of drug-likeness (QED) is 0.859. The van der Waals surface area contributed by atoms with Crippen LogP contribution in [0.15, 0.2) is 34.7 Å². The van der Waals surface area contributed by atoms with Gasteiger partial charge in [-0.3, -0.25) is 0 Å². The standard InChI is InChI=1S/C16H19F2NO/c1-3-8-19-15(16-7-4-11(2)20-16)9-12-5-6-13(17)10-14(12)18/h4-7,10,15,19H,3,8-9H2,1-2H3. The van der Waals surface area contributed by atoms with Gasteiger partial charge in [0.2, 0.25) is 0 Å². The lowest BCUT2D eigenvalue weighted by Crippen LogP contribution is -2.24. The monoisotopic (exact) mass is 279 g/mol. The molecule has 0 radical (unpaired) electrons. The Kier molecular flexibility index (Phi) is 4.90. The maximum absolute atomic E-state index is 13.8. The van der Waals surface area contributed by atoms with Crippen LogP contribution in [0.5, 0.6) is 0 Å². The summed E-state index contributed by atoms with van der Waals surface area (Å²) < 4.78 is 32.3. The summed E-state index contributed by atoms with van der Waals surface area (Å²) in [6.07, 6.45) is 1.40. The highest BCUT2D eigenvalue weighted by molar-refractivity contribution is 5.22. The molecule has 4 heteroatoms. The molecule has 0 fully saturated rings. The Labute approximate surface area is 117 Å². The van der Waals surface area contributed by atoms with E-state index < -0.39 is 11.6 Å². The molecule has 108 valence electrons. The molecule has 1 N–H and O–H groups in total. The molecule has 0 saturated carbocycles. The Balaban J connectivity index is 2.18. The van der Waals surface area contributed by atoms with Crippen LogP contribution in [0.25, 0.3) is 0 Å². The molecule has 0 spiro atoms. The van der Waals surface area contributed by atoms with Crippen LogP contribution in [0.2, 0.25) is 0 Å². The lowest BCUT2D eigenvalue weighted by molar-refractivity contribution is 0.395. The molecule has 2 nitrogen and oxygen atoms in total. The molecule has 0 amide bonds. The number of furan rings is 1. The predicted molar refractivity (Wildman–Crippen MR) is 74.5 cm³/mol. The van der Waals surface area contributed by atoms with E-state index in [1.165, 1.54) is 12.1 Å². The zero-order valence-electron chi connectivity index (χ0n) is 11.7. The predicted octanol–water partition coefficient (Wildman–Crippen LogP) is 4.15. The fourth-order valence-corrected chi connectivity index (χ4v) is 2.14. The first-order valence-electron chi connectivity index (χ1n) is 6.83. The van der Waals surface area contributed by atoms with E-state index in [1.807, 2.05) is 19.1 Å². The zero-order chi connectivity index (χ0) is 14.5. The number of benzene rings is 1. The minimum Gasteiger partial charge on any atom is -0.465 e. The number of nitrogens with one attached hydrogen (secondary N) is 1. The van der Waals surface area contributed by atoms with Gasteiger partial charge in [0.15, 0.2) is 0 Å². The molecule has 0 aliphatic carbocycles. The summed E-state index contributed by atoms with van der Waals surface area (Å²) in [6.45, 7) is 4.75. The van der Waals surface area contributed by atoms with Crippen LogP contribution in [0.3, 0.4) is 0 Å². The average molecular weight is 279 g/mol. The van der Waals surface area contributed by atoms with Gasteiger partial charge in [-0.05, 0) is 50.1 Å². The summed E-state index contributed by atoms with van der Waals surface area (Å²) in [6, 6.07) is 7.35. The summed E-state index contributed by atoms with van der Waals surface area (Å²) in [4.78, 5) is 0.